The Bertz CT molecular complexity index is 806. The lowest BCUT2D eigenvalue weighted by Gasteiger charge is -2.29. The monoisotopic (exact) mass is 364 g/mol. The Hall–Kier alpha value is -2.82. The molecule has 2 aliphatic rings. The largest absolute Gasteiger partial charge is 0.469 e. The molecule has 2 aromatic rings. The zero-order valence-corrected chi connectivity index (χ0v) is 15.9. The van der Waals surface area contributed by atoms with Gasteiger partial charge >= 0.3 is 12.0 Å². The summed E-state index contributed by atoms with van der Waals surface area (Å²) in [5.74, 6) is -0.622. The van der Waals surface area contributed by atoms with E-state index in [1.807, 2.05) is 84.3 Å². The molecule has 1 aliphatic heterocycles. The highest BCUT2D eigenvalue weighted by atomic mass is 16.5. The van der Waals surface area contributed by atoms with E-state index >= 15 is 0 Å². The molecule has 1 heterocycles. The summed E-state index contributed by atoms with van der Waals surface area (Å²) >= 11 is 0. The predicted octanol–water partition coefficient (Wildman–Crippen LogP) is 3.44. The van der Waals surface area contributed by atoms with E-state index in [2.05, 4.69) is 0 Å². The molecule has 5 heteroatoms. The molecule has 1 aliphatic carbocycles. The van der Waals surface area contributed by atoms with Crippen molar-refractivity contribution < 1.29 is 14.3 Å². The van der Waals surface area contributed by atoms with E-state index in [0.29, 0.717) is 13.1 Å². The van der Waals surface area contributed by atoms with Crippen molar-refractivity contribution in [2.45, 2.75) is 38.0 Å². The summed E-state index contributed by atoms with van der Waals surface area (Å²) in [7, 11) is 1.41. The molecule has 1 unspecified atom stereocenters. The number of carbonyl (C=O) groups excluding carboxylic acids is 2. The number of carbonyl (C=O) groups is 2. The number of amides is 2. The third kappa shape index (κ3) is 2.37. The standard InChI is InChI=1S/C22H24N2O3/c1-21-18(19(25)27-3)22(21,2)24(15-17-12-8-5-9-13-17)20(26)23(21)14-16-10-6-4-7-11-16/h4-13,18H,14-15H2,1-3H3/t18?,21-,22+. The van der Waals surface area contributed by atoms with Crippen LogP contribution in [-0.4, -0.2) is 40.0 Å². The van der Waals surface area contributed by atoms with Gasteiger partial charge in [-0.2, -0.15) is 0 Å². The molecular weight excluding hydrogens is 340 g/mol. The number of fused-ring (bicyclic) bond motifs is 1. The van der Waals surface area contributed by atoms with Crippen molar-refractivity contribution in [2.24, 2.45) is 5.92 Å². The van der Waals surface area contributed by atoms with Crippen molar-refractivity contribution in [3.8, 4) is 0 Å². The first-order valence-corrected chi connectivity index (χ1v) is 9.19. The molecule has 0 bridgehead atoms. The molecule has 2 amide bonds. The molecule has 2 fully saturated rings. The van der Waals surface area contributed by atoms with Gasteiger partial charge in [0.1, 0.15) is 5.92 Å². The van der Waals surface area contributed by atoms with Gasteiger partial charge in [-0.05, 0) is 25.0 Å². The number of methoxy groups -OCH3 is 1. The summed E-state index contributed by atoms with van der Waals surface area (Å²) < 4.78 is 5.07. The number of hydrogen-bond donors (Lipinski definition) is 0. The molecule has 2 aromatic carbocycles. The van der Waals surface area contributed by atoms with Gasteiger partial charge in [0.2, 0.25) is 0 Å². The van der Waals surface area contributed by atoms with Crippen LogP contribution in [0, 0.1) is 5.92 Å². The molecule has 0 radical (unpaired) electrons. The van der Waals surface area contributed by atoms with E-state index in [1.165, 1.54) is 7.11 Å². The maximum Gasteiger partial charge on any atom is 0.321 e. The van der Waals surface area contributed by atoms with Crippen molar-refractivity contribution in [3.05, 3.63) is 71.8 Å². The van der Waals surface area contributed by atoms with Gasteiger partial charge in [0.05, 0.1) is 18.2 Å². The summed E-state index contributed by atoms with van der Waals surface area (Å²) in [4.78, 5) is 29.5. The van der Waals surface area contributed by atoms with Crippen LogP contribution in [0.1, 0.15) is 25.0 Å². The molecule has 1 saturated heterocycles. The number of rotatable bonds is 5. The molecule has 27 heavy (non-hydrogen) atoms. The molecule has 5 nitrogen and oxygen atoms in total. The second-order valence-electron chi connectivity index (χ2n) is 7.68. The van der Waals surface area contributed by atoms with Crippen LogP contribution in [0.3, 0.4) is 0 Å². The van der Waals surface area contributed by atoms with Gasteiger partial charge in [-0.1, -0.05) is 60.7 Å². The minimum Gasteiger partial charge on any atom is -0.469 e. The third-order valence-electron chi connectivity index (χ3n) is 6.45. The van der Waals surface area contributed by atoms with E-state index in [4.69, 9.17) is 4.74 Å². The fraction of sp³-hybridized carbons (Fsp3) is 0.364. The number of benzene rings is 2. The fourth-order valence-electron chi connectivity index (χ4n) is 4.74. The SMILES string of the molecule is COC(=O)C1[C@@]2(C)N(Cc3ccccc3)C(=O)N(Cc3ccccc3)[C@@]12C. The average Bonchev–Trinajstić information content (AvgIpc) is 3.16. The van der Waals surface area contributed by atoms with E-state index in [0.717, 1.165) is 11.1 Å². The predicted molar refractivity (Wildman–Crippen MR) is 102 cm³/mol. The lowest BCUT2D eigenvalue weighted by molar-refractivity contribution is -0.144. The zero-order valence-electron chi connectivity index (χ0n) is 15.9. The summed E-state index contributed by atoms with van der Waals surface area (Å²) in [6.07, 6.45) is 0. The maximum atomic E-state index is 13.3. The van der Waals surface area contributed by atoms with E-state index in [9.17, 15) is 9.59 Å². The maximum absolute atomic E-state index is 13.3. The van der Waals surface area contributed by atoms with Crippen LogP contribution in [0.4, 0.5) is 4.79 Å². The molecule has 140 valence electrons. The van der Waals surface area contributed by atoms with Gasteiger partial charge in [0.25, 0.3) is 0 Å². The number of nitrogens with zero attached hydrogens (tertiary/aromatic N) is 2. The van der Waals surface area contributed by atoms with Gasteiger partial charge in [-0.3, -0.25) is 4.79 Å². The Balaban J connectivity index is 1.70. The smallest absolute Gasteiger partial charge is 0.321 e. The van der Waals surface area contributed by atoms with Crippen molar-refractivity contribution in [1.29, 1.82) is 0 Å². The number of ether oxygens (including phenoxy) is 1. The lowest BCUT2D eigenvalue weighted by Crippen LogP contribution is -2.44. The van der Waals surface area contributed by atoms with Crippen LogP contribution in [0.15, 0.2) is 60.7 Å². The topological polar surface area (TPSA) is 49.9 Å². The number of hydrogen-bond acceptors (Lipinski definition) is 3. The number of urea groups is 1. The van der Waals surface area contributed by atoms with Crippen LogP contribution in [0.25, 0.3) is 0 Å². The van der Waals surface area contributed by atoms with Gasteiger partial charge in [0, 0.05) is 13.1 Å². The summed E-state index contributed by atoms with van der Waals surface area (Å²) in [5, 5.41) is 0. The molecule has 0 aromatic heterocycles. The molecule has 4 rings (SSSR count). The summed E-state index contributed by atoms with van der Waals surface area (Å²) in [6, 6.07) is 19.7. The van der Waals surface area contributed by atoms with Gasteiger partial charge in [-0.25, -0.2) is 4.79 Å². The van der Waals surface area contributed by atoms with Crippen molar-refractivity contribution in [3.63, 3.8) is 0 Å². The Morgan fingerprint density at radius 2 is 1.30 bits per heavy atom. The third-order valence-corrected chi connectivity index (χ3v) is 6.45. The number of esters is 1. The molecule has 3 atom stereocenters. The van der Waals surface area contributed by atoms with Gasteiger partial charge in [0.15, 0.2) is 0 Å². The quantitative estimate of drug-likeness (QED) is 0.764. The highest BCUT2D eigenvalue weighted by Crippen LogP contribution is 2.66. The summed E-state index contributed by atoms with van der Waals surface area (Å²) in [6.45, 7) is 4.95. The Kier molecular flexibility index (Phi) is 3.98. The van der Waals surface area contributed by atoms with Crippen molar-refractivity contribution >= 4 is 12.0 Å². The van der Waals surface area contributed by atoms with Gasteiger partial charge in [-0.15, -0.1) is 0 Å². The Morgan fingerprint density at radius 1 is 0.889 bits per heavy atom. The first-order valence-electron chi connectivity index (χ1n) is 9.19. The molecular formula is C22H24N2O3. The molecule has 0 spiro atoms. The van der Waals surface area contributed by atoms with Gasteiger partial charge < -0.3 is 14.5 Å². The minimum absolute atomic E-state index is 0.0344. The molecule has 0 N–H and O–H groups in total. The van der Waals surface area contributed by atoms with E-state index in [-0.39, 0.29) is 17.9 Å². The zero-order chi connectivity index (χ0) is 19.2. The first kappa shape index (κ1) is 17.6. The average molecular weight is 364 g/mol. The van der Waals surface area contributed by atoms with Crippen LogP contribution in [-0.2, 0) is 22.6 Å². The van der Waals surface area contributed by atoms with Crippen LogP contribution < -0.4 is 0 Å². The Morgan fingerprint density at radius 3 is 1.67 bits per heavy atom. The normalized spacial score (nSPS) is 28.9. The summed E-state index contributed by atoms with van der Waals surface area (Å²) in [5.41, 5.74) is 0.932. The van der Waals surface area contributed by atoms with E-state index < -0.39 is 11.1 Å². The fourth-order valence-corrected chi connectivity index (χ4v) is 4.74. The minimum atomic E-state index is -0.582. The van der Waals surface area contributed by atoms with Crippen LogP contribution in [0.5, 0.6) is 0 Å². The highest BCUT2D eigenvalue weighted by molar-refractivity contribution is 5.92. The van der Waals surface area contributed by atoms with E-state index in [1.54, 1.807) is 0 Å². The lowest BCUT2D eigenvalue weighted by atomic mass is 10.1. The molecule has 1 saturated carbocycles. The first-order chi connectivity index (χ1) is 12.9. The van der Waals surface area contributed by atoms with Crippen molar-refractivity contribution in [2.75, 3.05) is 7.11 Å². The van der Waals surface area contributed by atoms with Crippen molar-refractivity contribution in [1.82, 2.24) is 9.80 Å². The van der Waals surface area contributed by atoms with Crippen LogP contribution in [0.2, 0.25) is 0 Å². The second kappa shape index (κ2) is 6.12. The highest BCUT2D eigenvalue weighted by Gasteiger charge is 2.85. The van der Waals surface area contributed by atoms with Crippen LogP contribution >= 0.6 is 0 Å². The second-order valence-corrected chi connectivity index (χ2v) is 7.68. The Labute approximate surface area is 159 Å².